The molecule has 4 N–H and O–H groups in total. The fraction of sp³-hybridized carbons (Fsp3) is 0.750. The van der Waals surface area contributed by atoms with Gasteiger partial charge in [-0.15, -0.1) is 0 Å². The number of nitrogens with two attached hydrogens (primary N) is 1. The minimum absolute atomic E-state index is 0.0458. The van der Waals surface area contributed by atoms with Crippen molar-refractivity contribution < 1.29 is 31.6 Å². The first-order valence-electron chi connectivity index (χ1n) is 5.30. The van der Waals surface area contributed by atoms with Gasteiger partial charge in [-0.1, -0.05) is 0 Å². The third kappa shape index (κ3) is 4.63. The highest BCUT2D eigenvalue weighted by Crippen LogP contribution is 2.18. The Kier molecular flexibility index (Phi) is 5.05. The minimum Gasteiger partial charge on any atom is -0.453 e. The number of nitrogens with zero attached hydrogens (tertiary/aromatic N) is 1. The van der Waals surface area contributed by atoms with Crippen LogP contribution in [0, 0.1) is 0 Å². The number of carbonyl (C=O) groups excluding carboxylic acids is 2. The summed E-state index contributed by atoms with van der Waals surface area (Å²) < 4.78 is 37.8. The molecule has 1 heterocycles. The largest absolute Gasteiger partial charge is 0.453 e. The van der Waals surface area contributed by atoms with Crippen molar-refractivity contribution in [3.8, 4) is 0 Å². The molecular formula is C8H15N3O7S. The number of ether oxygens (including phenoxy) is 1. The molecule has 1 fully saturated rings. The standard InChI is InChI=1S/C8H15N3O7S/c1-17-8(13)11-4-5(10-18-19(14,15)16)2-3-6(11)7(9)12/h5-6,10H,2-4H2,1H3,(H2,9,12)(H,14,15,16)/t5-,6+/m1/s1. The minimum atomic E-state index is -4.63. The monoisotopic (exact) mass is 297 g/mol. The molecule has 0 radical (unpaired) electrons. The van der Waals surface area contributed by atoms with Gasteiger partial charge < -0.3 is 10.5 Å². The Morgan fingerprint density at radius 3 is 2.53 bits per heavy atom. The first-order chi connectivity index (χ1) is 8.74. The lowest BCUT2D eigenvalue weighted by molar-refractivity contribution is -0.124. The number of hydrogen-bond donors (Lipinski definition) is 3. The molecule has 1 rings (SSSR count). The third-order valence-corrected chi connectivity index (χ3v) is 2.95. The van der Waals surface area contributed by atoms with Gasteiger partial charge in [0.1, 0.15) is 6.04 Å². The Bertz CT molecular complexity index is 451. The number of methoxy groups -OCH3 is 1. The van der Waals surface area contributed by atoms with Crippen molar-refractivity contribution in [1.82, 2.24) is 10.4 Å². The summed E-state index contributed by atoms with van der Waals surface area (Å²) in [7, 11) is -3.49. The summed E-state index contributed by atoms with van der Waals surface area (Å²) in [5.41, 5.74) is 7.25. The van der Waals surface area contributed by atoms with E-state index >= 15 is 0 Å². The van der Waals surface area contributed by atoms with E-state index in [2.05, 4.69) is 14.5 Å². The molecule has 0 bridgehead atoms. The maximum atomic E-state index is 11.5. The van der Waals surface area contributed by atoms with Gasteiger partial charge >= 0.3 is 16.5 Å². The Labute approximate surface area is 109 Å². The summed E-state index contributed by atoms with van der Waals surface area (Å²) >= 11 is 0. The van der Waals surface area contributed by atoms with Crippen LogP contribution in [-0.2, 0) is 24.2 Å². The van der Waals surface area contributed by atoms with Crippen LogP contribution in [0.4, 0.5) is 4.79 Å². The van der Waals surface area contributed by atoms with Crippen molar-refractivity contribution in [3.05, 3.63) is 0 Å². The molecule has 2 atom stereocenters. The highest BCUT2D eigenvalue weighted by atomic mass is 32.3. The number of hydroxylamine groups is 1. The van der Waals surface area contributed by atoms with Crippen LogP contribution in [0.2, 0.25) is 0 Å². The molecular weight excluding hydrogens is 282 g/mol. The number of primary amides is 1. The highest BCUT2D eigenvalue weighted by molar-refractivity contribution is 7.80. The summed E-state index contributed by atoms with van der Waals surface area (Å²) in [6.45, 7) is -0.0458. The average molecular weight is 297 g/mol. The molecule has 11 heteroatoms. The first kappa shape index (κ1) is 15.6. The average Bonchev–Trinajstić information content (AvgIpc) is 2.34. The number of rotatable bonds is 4. The highest BCUT2D eigenvalue weighted by Gasteiger charge is 2.36. The number of hydrogen-bond acceptors (Lipinski definition) is 7. The van der Waals surface area contributed by atoms with Crippen molar-refractivity contribution in [2.75, 3.05) is 13.7 Å². The zero-order valence-corrected chi connectivity index (χ0v) is 10.9. The molecule has 1 aliphatic rings. The molecule has 1 aliphatic heterocycles. The van der Waals surface area contributed by atoms with Gasteiger partial charge in [0, 0.05) is 6.54 Å². The van der Waals surface area contributed by atoms with Gasteiger partial charge in [0.05, 0.1) is 13.2 Å². The van der Waals surface area contributed by atoms with Crippen molar-refractivity contribution in [2.45, 2.75) is 24.9 Å². The maximum absolute atomic E-state index is 11.5. The lowest BCUT2D eigenvalue weighted by Gasteiger charge is -2.36. The lowest BCUT2D eigenvalue weighted by Crippen LogP contribution is -2.57. The quantitative estimate of drug-likeness (QED) is 0.415. The number of carbonyl (C=O) groups is 2. The van der Waals surface area contributed by atoms with E-state index < -0.39 is 34.5 Å². The summed E-state index contributed by atoms with van der Waals surface area (Å²) in [6.07, 6.45) is -0.213. The second-order valence-electron chi connectivity index (χ2n) is 3.94. The Balaban J connectivity index is 2.68. The van der Waals surface area contributed by atoms with E-state index in [1.165, 1.54) is 0 Å². The van der Waals surface area contributed by atoms with E-state index in [-0.39, 0.29) is 13.0 Å². The van der Waals surface area contributed by atoms with E-state index in [4.69, 9.17) is 10.3 Å². The number of amides is 2. The zero-order chi connectivity index (χ0) is 14.6. The van der Waals surface area contributed by atoms with Gasteiger partial charge in [-0.3, -0.25) is 14.2 Å². The smallest absolute Gasteiger partial charge is 0.413 e. The van der Waals surface area contributed by atoms with E-state index in [1.807, 2.05) is 0 Å². The van der Waals surface area contributed by atoms with Crippen molar-refractivity contribution >= 4 is 22.4 Å². The number of piperidine rings is 1. The van der Waals surface area contributed by atoms with E-state index in [1.54, 1.807) is 0 Å². The Morgan fingerprint density at radius 1 is 1.42 bits per heavy atom. The van der Waals surface area contributed by atoms with Crippen LogP contribution in [0.15, 0.2) is 0 Å². The second-order valence-corrected chi connectivity index (χ2v) is 4.97. The molecule has 0 saturated carbocycles. The fourth-order valence-corrected chi connectivity index (χ4v) is 2.07. The van der Waals surface area contributed by atoms with Crippen LogP contribution in [0.25, 0.3) is 0 Å². The third-order valence-electron chi connectivity index (χ3n) is 2.64. The van der Waals surface area contributed by atoms with Gasteiger partial charge in [0.15, 0.2) is 0 Å². The maximum Gasteiger partial charge on any atom is 0.413 e. The van der Waals surface area contributed by atoms with Crippen LogP contribution < -0.4 is 11.2 Å². The van der Waals surface area contributed by atoms with E-state index in [9.17, 15) is 18.0 Å². The Hall–Kier alpha value is -1.43. The van der Waals surface area contributed by atoms with Crippen LogP contribution in [-0.4, -0.2) is 55.6 Å². The summed E-state index contributed by atoms with van der Waals surface area (Å²) in [5, 5.41) is 0. The second kappa shape index (κ2) is 6.14. The topological polar surface area (TPSA) is 148 Å². The lowest BCUT2D eigenvalue weighted by atomic mass is 9.99. The summed E-state index contributed by atoms with van der Waals surface area (Å²) in [6, 6.07) is -1.41. The number of nitrogens with one attached hydrogen (secondary N) is 1. The van der Waals surface area contributed by atoms with Gasteiger partial charge in [-0.2, -0.15) is 18.2 Å². The van der Waals surface area contributed by atoms with Gasteiger partial charge in [-0.05, 0) is 12.8 Å². The molecule has 0 unspecified atom stereocenters. The van der Waals surface area contributed by atoms with Crippen LogP contribution >= 0.6 is 0 Å². The van der Waals surface area contributed by atoms with Gasteiger partial charge in [0.2, 0.25) is 5.91 Å². The van der Waals surface area contributed by atoms with Crippen molar-refractivity contribution in [1.29, 1.82) is 0 Å². The van der Waals surface area contributed by atoms with E-state index in [0.717, 1.165) is 12.0 Å². The normalized spacial score (nSPS) is 24.0. The molecule has 0 aliphatic carbocycles. The van der Waals surface area contributed by atoms with Crippen LogP contribution in [0.1, 0.15) is 12.8 Å². The van der Waals surface area contributed by atoms with Crippen molar-refractivity contribution in [2.24, 2.45) is 5.73 Å². The predicted octanol–water partition coefficient (Wildman–Crippen LogP) is -1.60. The Morgan fingerprint density at radius 2 is 2.05 bits per heavy atom. The van der Waals surface area contributed by atoms with Gasteiger partial charge in [0.25, 0.3) is 0 Å². The van der Waals surface area contributed by atoms with Crippen molar-refractivity contribution in [3.63, 3.8) is 0 Å². The summed E-state index contributed by atoms with van der Waals surface area (Å²) in [4.78, 5) is 23.7. The molecule has 2 amide bonds. The van der Waals surface area contributed by atoms with Crippen LogP contribution in [0.5, 0.6) is 0 Å². The van der Waals surface area contributed by atoms with E-state index in [0.29, 0.717) is 6.42 Å². The molecule has 1 saturated heterocycles. The number of likely N-dealkylation sites (tertiary alicyclic amines) is 1. The SMILES string of the molecule is COC(=O)N1C[C@H](NOS(=O)(=O)O)CC[C@H]1C(N)=O. The first-order valence-corrected chi connectivity index (χ1v) is 6.66. The molecule has 0 spiro atoms. The molecule has 110 valence electrons. The molecule has 10 nitrogen and oxygen atoms in total. The summed E-state index contributed by atoms with van der Waals surface area (Å²) in [5.74, 6) is -0.681. The molecule has 19 heavy (non-hydrogen) atoms. The van der Waals surface area contributed by atoms with Gasteiger partial charge in [-0.25, -0.2) is 4.79 Å². The van der Waals surface area contributed by atoms with Crippen LogP contribution in [0.3, 0.4) is 0 Å². The predicted molar refractivity (Wildman–Crippen MR) is 60.9 cm³/mol. The molecule has 0 aromatic rings. The zero-order valence-electron chi connectivity index (χ0n) is 10.1. The molecule has 0 aromatic carbocycles. The fourth-order valence-electron chi connectivity index (χ4n) is 1.81. The molecule has 0 aromatic heterocycles.